The van der Waals surface area contributed by atoms with Crippen LogP contribution in [0.25, 0.3) is 0 Å². The predicted octanol–water partition coefficient (Wildman–Crippen LogP) is 1.73. The maximum atomic E-state index is 11.9. The highest BCUT2D eigenvalue weighted by molar-refractivity contribution is 7.10. The monoisotopic (exact) mass is 262 g/mol. The van der Waals surface area contributed by atoms with Gasteiger partial charge in [-0.25, -0.2) is 0 Å². The van der Waals surface area contributed by atoms with Gasteiger partial charge in [-0.05, 0) is 36.3 Å². The molecule has 1 amide bonds. The number of rotatable bonds is 2. The number of nitrogens with zero attached hydrogens (tertiary/aromatic N) is 2. The van der Waals surface area contributed by atoms with E-state index in [1.165, 1.54) is 18.5 Å². The third-order valence-electron chi connectivity index (χ3n) is 4.45. The number of hydrogen-bond donors (Lipinski definition) is 0. The lowest BCUT2D eigenvalue weighted by Crippen LogP contribution is -2.61. The standard InChI is InChI=1S/C14H18N2OS/c17-14(10-1-2-10)16-8-12(9-16)15-5-3-13-11(7-15)4-6-18-13/h4,6,10,12H,1-3,5,7-9H2. The van der Waals surface area contributed by atoms with Gasteiger partial charge in [0.1, 0.15) is 0 Å². The number of thiophene rings is 1. The topological polar surface area (TPSA) is 23.6 Å². The van der Waals surface area contributed by atoms with Crippen LogP contribution in [0.5, 0.6) is 0 Å². The van der Waals surface area contributed by atoms with Gasteiger partial charge in [-0.1, -0.05) is 0 Å². The Morgan fingerprint density at radius 2 is 2.17 bits per heavy atom. The van der Waals surface area contributed by atoms with Crippen molar-refractivity contribution in [3.8, 4) is 0 Å². The molecule has 1 aromatic heterocycles. The van der Waals surface area contributed by atoms with E-state index >= 15 is 0 Å². The van der Waals surface area contributed by atoms with Gasteiger partial charge >= 0.3 is 0 Å². The summed E-state index contributed by atoms with van der Waals surface area (Å²) in [5, 5.41) is 2.21. The molecular formula is C14H18N2OS. The van der Waals surface area contributed by atoms with E-state index in [0.29, 0.717) is 17.9 Å². The maximum absolute atomic E-state index is 11.9. The molecule has 1 saturated heterocycles. The van der Waals surface area contributed by atoms with E-state index in [2.05, 4.69) is 21.2 Å². The summed E-state index contributed by atoms with van der Waals surface area (Å²) in [5.41, 5.74) is 1.51. The van der Waals surface area contributed by atoms with Gasteiger partial charge in [0, 0.05) is 43.0 Å². The number of fused-ring (bicyclic) bond motifs is 1. The highest BCUT2D eigenvalue weighted by Crippen LogP contribution is 2.34. The van der Waals surface area contributed by atoms with Gasteiger partial charge in [0.05, 0.1) is 0 Å². The van der Waals surface area contributed by atoms with E-state index in [1.807, 2.05) is 11.3 Å². The Kier molecular flexibility index (Phi) is 2.49. The molecule has 0 atom stereocenters. The highest BCUT2D eigenvalue weighted by atomic mass is 32.1. The molecule has 0 bridgehead atoms. The van der Waals surface area contributed by atoms with Crippen LogP contribution in [0.4, 0.5) is 0 Å². The molecule has 3 heterocycles. The lowest BCUT2D eigenvalue weighted by molar-refractivity contribution is -0.140. The van der Waals surface area contributed by atoms with Crippen molar-refractivity contribution in [2.45, 2.75) is 31.8 Å². The van der Waals surface area contributed by atoms with E-state index in [4.69, 9.17) is 0 Å². The maximum Gasteiger partial charge on any atom is 0.225 e. The molecule has 0 unspecified atom stereocenters. The van der Waals surface area contributed by atoms with Crippen molar-refractivity contribution in [2.24, 2.45) is 5.92 Å². The van der Waals surface area contributed by atoms with Crippen molar-refractivity contribution in [2.75, 3.05) is 19.6 Å². The Labute approximate surface area is 111 Å². The molecule has 1 aromatic rings. The Balaban J connectivity index is 1.35. The average molecular weight is 262 g/mol. The molecule has 96 valence electrons. The van der Waals surface area contributed by atoms with E-state index in [9.17, 15) is 4.79 Å². The third kappa shape index (κ3) is 1.79. The zero-order valence-corrected chi connectivity index (χ0v) is 11.3. The number of amides is 1. The van der Waals surface area contributed by atoms with Crippen LogP contribution in [-0.2, 0) is 17.8 Å². The van der Waals surface area contributed by atoms with Crippen molar-refractivity contribution < 1.29 is 4.79 Å². The van der Waals surface area contributed by atoms with Gasteiger partial charge in [0.2, 0.25) is 5.91 Å². The fraction of sp³-hybridized carbons (Fsp3) is 0.643. The lowest BCUT2D eigenvalue weighted by Gasteiger charge is -2.46. The summed E-state index contributed by atoms with van der Waals surface area (Å²) in [6.07, 6.45) is 3.45. The van der Waals surface area contributed by atoms with Crippen molar-refractivity contribution in [3.63, 3.8) is 0 Å². The fourth-order valence-electron chi connectivity index (χ4n) is 3.04. The second-order valence-corrected chi connectivity index (χ2v) is 6.76. The van der Waals surface area contributed by atoms with E-state index in [0.717, 1.165) is 32.5 Å². The molecule has 0 N–H and O–H groups in total. The predicted molar refractivity (Wildman–Crippen MR) is 71.5 cm³/mol. The number of likely N-dealkylation sites (tertiary alicyclic amines) is 1. The molecule has 1 aliphatic carbocycles. The minimum Gasteiger partial charge on any atom is -0.339 e. The van der Waals surface area contributed by atoms with Crippen LogP contribution in [0.2, 0.25) is 0 Å². The van der Waals surface area contributed by atoms with Crippen LogP contribution >= 0.6 is 11.3 Å². The molecule has 3 nitrogen and oxygen atoms in total. The zero-order chi connectivity index (χ0) is 12.1. The number of carbonyl (C=O) groups is 1. The second kappa shape index (κ2) is 4.07. The zero-order valence-electron chi connectivity index (χ0n) is 10.5. The van der Waals surface area contributed by atoms with E-state index in [1.54, 1.807) is 4.88 Å². The fourth-order valence-corrected chi connectivity index (χ4v) is 3.93. The molecule has 18 heavy (non-hydrogen) atoms. The lowest BCUT2D eigenvalue weighted by atomic mass is 10.0. The summed E-state index contributed by atoms with van der Waals surface area (Å²) in [6.45, 7) is 4.20. The van der Waals surface area contributed by atoms with Crippen molar-refractivity contribution in [1.29, 1.82) is 0 Å². The molecule has 2 aliphatic heterocycles. The summed E-state index contributed by atoms with van der Waals surface area (Å²) >= 11 is 1.89. The van der Waals surface area contributed by atoms with Gasteiger partial charge in [-0.3, -0.25) is 9.69 Å². The first-order valence-corrected chi connectivity index (χ1v) is 7.77. The van der Waals surface area contributed by atoms with Gasteiger partial charge in [0.15, 0.2) is 0 Å². The minimum absolute atomic E-state index is 0.385. The van der Waals surface area contributed by atoms with Crippen molar-refractivity contribution >= 4 is 17.2 Å². The highest BCUT2D eigenvalue weighted by Gasteiger charge is 2.41. The molecule has 1 saturated carbocycles. The SMILES string of the molecule is O=C(C1CC1)N1CC(N2CCc3sccc3C2)C1. The van der Waals surface area contributed by atoms with Crippen LogP contribution in [0, 0.1) is 5.92 Å². The minimum atomic E-state index is 0.385. The van der Waals surface area contributed by atoms with Gasteiger partial charge in [0.25, 0.3) is 0 Å². The van der Waals surface area contributed by atoms with Crippen LogP contribution in [0.1, 0.15) is 23.3 Å². The van der Waals surface area contributed by atoms with Gasteiger partial charge in [-0.15, -0.1) is 11.3 Å². The first-order valence-electron chi connectivity index (χ1n) is 6.89. The molecular weight excluding hydrogens is 244 g/mol. The summed E-state index contributed by atoms with van der Waals surface area (Å²) in [5.74, 6) is 0.801. The van der Waals surface area contributed by atoms with E-state index < -0.39 is 0 Å². The molecule has 0 spiro atoms. The van der Waals surface area contributed by atoms with Crippen LogP contribution < -0.4 is 0 Å². The van der Waals surface area contributed by atoms with Gasteiger partial charge in [-0.2, -0.15) is 0 Å². The second-order valence-electron chi connectivity index (χ2n) is 5.76. The largest absolute Gasteiger partial charge is 0.339 e. The third-order valence-corrected chi connectivity index (χ3v) is 5.48. The molecule has 0 aromatic carbocycles. The summed E-state index contributed by atoms with van der Waals surface area (Å²) in [4.78, 5) is 18.1. The molecule has 4 rings (SSSR count). The molecule has 3 aliphatic rings. The summed E-state index contributed by atoms with van der Waals surface area (Å²) < 4.78 is 0. The molecule has 2 fully saturated rings. The van der Waals surface area contributed by atoms with E-state index in [-0.39, 0.29) is 0 Å². The average Bonchev–Trinajstić information content (AvgIpc) is 3.06. The normalized spacial score (nSPS) is 24.8. The van der Waals surface area contributed by atoms with Crippen molar-refractivity contribution in [3.05, 3.63) is 21.9 Å². The smallest absolute Gasteiger partial charge is 0.225 e. The quantitative estimate of drug-likeness (QED) is 0.810. The summed E-state index contributed by atoms with van der Waals surface area (Å²) in [6, 6.07) is 2.87. The Bertz CT molecular complexity index is 474. The first-order chi connectivity index (χ1) is 8.81. The van der Waals surface area contributed by atoms with Gasteiger partial charge < -0.3 is 4.90 Å². The van der Waals surface area contributed by atoms with Crippen LogP contribution in [-0.4, -0.2) is 41.4 Å². The summed E-state index contributed by atoms with van der Waals surface area (Å²) in [7, 11) is 0. The Hall–Kier alpha value is -0.870. The van der Waals surface area contributed by atoms with Crippen molar-refractivity contribution in [1.82, 2.24) is 9.80 Å². The number of carbonyl (C=O) groups excluding carboxylic acids is 1. The van der Waals surface area contributed by atoms with Crippen LogP contribution in [0.3, 0.4) is 0 Å². The number of hydrogen-bond acceptors (Lipinski definition) is 3. The van der Waals surface area contributed by atoms with Crippen LogP contribution in [0.15, 0.2) is 11.4 Å². The molecule has 0 radical (unpaired) electrons. The Morgan fingerprint density at radius 1 is 1.33 bits per heavy atom. The molecule has 4 heteroatoms. The Morgan fingerprint density at radius 3 is 2.94 bits per heavy atom. The first kappa shape index (κ1) is 11.0.